The molecule has 152 valence electrons. The molecule has 1 aliphatic rings. The maximum Gasteiger partial charge on any atom is 0.191 e. The minimum absolute atomic E-state index is 0.304. The first-order valence-electron chi connectivity index (χ1n) is 10.2. The van der Waals surface area contributed by atoms with Gasteiger partial charge in [0, 0.05) is 13.1 Å². The zero-order chi connectivity index (χ0) is 19.6. The van der Waals surface area contributed by atoms with Crippen LogP contribution in [0.15, 0.2) is 52.1 Å². The highest BCUT2D eigenvalue weighted by molar-refractivity contribution is 5.79. The Hall–Kier alpha value is -2.47. The van der Waals surface area contributed by atoms with Crippen LogP contribution in [0.5, 0.6) is 5.75 Å². The third kappa shape index (κ3) is 5.76. The van der Waals surface area contributed by atoms with E-state index >= 15 is 0 Å². The standard InChI is InChI=1S/C22H32N4O2/c1-3-23-22(24-16-20-8-7-15-28-20)25-17-21(26-13-5-4-6-14-26)18-9-11-19(27-2)12-10-18/h7-12,15,21H,3-6,13-14,16-17H2,1-2H3,(H2,23,24,25). The van der Waals surface area contributed by atoms with Crippen molar-refractivity contribution in [2.75, 3.05) is 33.3 Å². The van der Waals surface area contributed by atoms with Gasteiger partial charge in [0.1, 0.15) is 18.1 Å². The van der Waals surface area contributed by atoms with Crippen LogP contribution >= 0.6 is 0 Å². The highest BCUT2D eigenvalue weighted by Crippen LogP contribution is 2.25. The molecular formula is C22H32N4O2. The summed E-state index contributed by atoms with van der Waals surface area (Å²) in [7, 11) is 1.71. The van der Waals surface area contributed by atoms with E-state index in [1.807, 2.05) is 24.3 Å². The van der Waals surface area contributed by atoms with Gasteiger partial charge in [0.15, 0.2) is 5.96 Å². The molecule has 0 spiro atoms. The second-order valence-corrected chi connectivity index (χ2v) is 7.04. The zero-order valence-corrected chi connectivity index (χ0v) is 17.0. The fourth-order valence-corrected chi connectivity index (χ4v) is 3.61. The molecule has 2 heterocycles. The van der Waals surface area contributed by atoms with Crippen LogP contribution in [-0.2, 0) is 6.54 Å². The third-order valence-electron chi connectivity index (χ3n) is 5.11. The summed E-state index contributed by atoms with van der Waals surface area (Å²) in [6.45, 7) is 6.50. The van der Waals surface area contributed by atoms with Gasteiger partial charge in [0.05, 0.1) is 19.4 Å². The number of piperidine rings is 1. The molecule has 6 nitrogen and oxygen atoms in total. The van der Waals surface area contributed by atoms with Crippen LogP contribution in [-0.4, -0.2) is 44.1 Å². The van der Waals surface area contributed by atoms with Gasteiger partial charge in [-0.15, -0.1) is 0 Å². The Balaban J connectivity index is 1.70. The summed E-state index contributed by atoms with van der Waals surface area (Å²) in [4.78, 5) is 7.23. The average molecular weight is 385 g/mol. The molecule has 2 N–H and O–H groups in total. The lowest BCUT2D eigenvalue weighted by atomic mass is 10.0. The van der Waals surface area contributed by atoms with E-state index < -0.39 is 0 Å². The molecule has 2 aromatic rings. The Morgan fingerprint density at radius 2 is 1.93 bits per heavy atom. The number of guanidine groups is 1. The summed E-state index contributed by atoms with van der Waals surface area (Å²) in [6.07, 6.45) is 5.53. The van der Waals surface area contributed by atoms with Gasteiger partial charge < -0.3 is 19.8 Å². The first-order chi connectivity index (χ1) is 13.8. The summed E-state index contributed by atoms with van der Waals surface area (Å²) >= 11 is 0. The molecule has 6 heteroatoms. The second kappa shape index (κ2) is 10.8. The topological polar surface area (TPSA) is 62.0 Å². The van der Waals surface area contributed by atoms with Crippen molar-refractivity contribution in [3.8, 4) is 5.75 Å². The molecule has 3 rings (SSSR count). The summed E-state index contributed by atoms with van der Waals surface area (Å²) in [6, 6.07) is 12.6. The smallest absolute Gasteiger partial charge is 0.191 e. The molecule has 1 aromatic carbocycles. The second-order valence-electron chi connectivity index (χ2n) is 7.04. The lowest BCUT2D eigenvalue weighted by Crippen LogP contribution is -2.44. The average Bonchev–Trinajstić information content (AvgIpc) is 3.27. The Kier molecular flexibility index (Phi) is 7.79. The van der Waals surface area contributed by atoms with Crippen molar-refractivity contribution >= 4 is 5.96 Å². The molecule has 0 saturated carbocycles. The minimum Gasteiger partial charge on any atom is -0.497 e. The largest absolute Gasteiger partial charge is 0.497 e. The molecule has 1 unspecified atom stereocenters. The van der Waals surface area contributed by atoms with Gasteiger partial charge in [-0.3, -0.25) is 4.90 Å². The van der Waals surface area contributed by atoms with Crippen LogP contribution in [0, 0.1) is 0 Å². The van der Waals surface area contributed by atoms with Crippen LogP contribution in [0.1, 0.15) is 43.6 Å². The molecule has 1 saturated heterocycles. The Morgan fingerprint density at radius 1 is 1.14 bits per heavy atom. The number of nitrogens with one attached hydrogen (secondary N) is 2. The molecule has 1 aliphatic heterocycles. The summed E-state index contributed by atoms with van der Waals surface area (Å²) in [5, 5.41) is 6.86. The third-order valence-corrected chi connectivity index (χ3v) is 5.11. The van der Waals surface area contributed by atoms with Crippen molar-refractivity contribution in [1.82, 2.24) is 15.5 Å². The lowest BCUT2D eigenvalue weighted by molar-refractivity contribution is 0.164. The molecule has 0 bridgehead atoms. The number of benzene rings is 1. The maximum atomic E-state index is 5.39. The van der Waals surface area contributed by atoms with E-state index in [1.165, 1.54) is 24.8 Å². The number of aliphatic imine (C=N–C) groups is 1. The number of methoxy groups -OCH3 is 1. The van der Waals surface area contributed by atoms with Crippen molar-refractivity contribution < 1.29 is 9.15 Å². The van der Waals surface area contributed by atoms with Crippen LogP contribution in [0.2, 0.25) is 0 Å². The molecule has 0 radical (unpaired) electrons. The predicted octanol–water partition coefficient (Wildman–Crippen LogP) is 3.57. The van der Waals surface area contributed by atoms with Crippen LogP contribution < -0.4 is 15.4 Å². The van der Waals surface area contributed by atoms with Gasteiger partial charge in [-0.1, -0.05) is 18.6 Å². The van der Waals surface area contributed by atoms with E-state index in [4.69, 9.17) is 9.15 Å². The Labute approximate surface area is 168 Å². The number of hydrogen-bond acceptors (Lipinski definition) is 4. The number of rotatable bonds is 8. The van der Waals surface area contributed by atoms with Gasteiger partial charge in [-0.05, 0) is 62.7 Å². The first-order valence-corrected chi connectivity index (χ1v) is 10.2. The predicted molar refractivity (Wildman–Crippen MR) is 113 cm³/mol. The highest BCUT2D eigenvalue weighted by atomic mass is 16.5. The van der Waals surface area contributed by atoms with E-state index in [0.29, 0.717) is 12.6 Å². The molecule has 1 fully saturated rings. The van der Waals surface area contributed by atoms with E-state index in [0.717, 1.165) is 43.6 Å². The number of furan rings is 1. The Morgan fingerprint density at radius 3 is 2.57 bits per heavy atom. The fourth-order valence-electron chi connectivity index (χ4n) is 3.61. The summed E-state index contributed by atoms with van der Waals surface area (Å²) < 4.78 is 10.7. The number of ether oxygens (including phenoxy) is 1. The van der Waals surface area contributed by atoms with Gasteiger partial charge >= 0.3 is 0 Å². The molecule has 1 atom stereocenters. The molecular weight excluding hydrogens is 352 g/mol. The zero-order valence-electron chi connectivity index (χ0n) is 17.0. The summed E-state index contributed by atoms with van der Waals surface area (Å²) in [5.74, 6) is 2.57. The van der Waals surface area contributed by atoms with E-state index in [2.05, 4.69) is 39.6 Å². The van der Waals surface area contributed by atoms with Gasteiger partial charge in [-0.2, -0.15) is 0 Å². The maximum absolute atomic E-state index is 5.39. The van der Waals surface area contributed by atoms with E-state index in [1.54, 1.807) is 13.4 Å². The molecule has 28 heavy (non-hydrogen) atoms. The Bertz CT molecular complexity index is 707. The van der Waals surface area contributed by atoms with E-state index in [-0.39, 0.29) is 0 Å². The number of nitrogens with zero attached hydrogens (tertiary/aromatic N) is 2. The van der Waals surface area contributed by atoms with Crippen molar-refractivity contribution in [2.45, 2.75) is 38.8 Å². The molecule has 0 amide bonds. The van der Waals surface area contributed by atoms with Gasteiger partial charge in [0.2, 0.25) is 0 Å². The van der Waals surface area contributed by atoms with Crippen molar-refractivity contribution in [3.63, 3.8) is 0 Å². The molecule has 1 aromatic heterocycles. The number of likely N-dealkylation sites (tertiary alicyclic amines) is 1. The lowest BCUT2D eigenvalue weighted by Gasteiger charge is -2.35. The normalized spacial score (nSPS) is 16.6. The van der Waals surface area contributed by atoms with Crippen LogP contribution in [0.4, 0.5) is 0 Å². The van der Waals surface area contributed by atoms with Crippen molar-refractivity contribution in [2.24, 2.45) is 4.99 Å². The monoisotopic (exact) mass is 384 g/mol. The van der Waals surface area contributed by atoms with Crippen molar-refractivity contribution in [3.05, 3.63) is 54.0 Å². The highest BCUT2D eigenvalue weighted by Gasteiger charge is 2.22. The summed E-state index contributed by atoms with van der Waals surface area (Å²) in [5.41, 5.74) is 1.30. The van der Waals surface area contributed by atoms with Crippen LogP contribution in [0.3, 0.4) is 0 Å². The SMILES string of the molecule is CCNC(=NCc1ccco1)NCC(c1ccc(OC)cc1)N1CCCCC1. The molecule has 0 aliphatic carbocycles. The van der Waals surface area contributed by atoms with Crippen molar-refractivity contribution in [1.29, 1.82) is 0 Å². The van der Waals surface area contributed by atoms with Crippen LogP contribution in [0.25, 0.3) is 0 Å². The first kappa shape index (κ1) is 20.3. The minimum atomic E-state index is 0.304. The van der Waals surface area contributed by atoms with Gasteiger partial charge in [0.25, 0.3) is 0 Å². The number of hydrogen-bond donors (Lipinski definition) is 2. The fraction of sp³-hybridized carbons (Fsp3) is 0.500. The van der Waals surface area contributed by atoms with Gasteiger partial charge in [-0.25, -0.2) is 4.99 Å². The van der Waals surface area contributed by atoms with E-state index in [9.17, 15) is 0 Å². The quantitative estimate of drug-likeness (QED) is 0.538.